The van der Waals surface area contributed by atoms with E-state index in [1.165, 1.54) is 11.8 Å². The van der Waals surface area contributed by atoms with Crippen LogP contribution < -0.4 is 33.6 Å². The van der Waals surface area contributed by atoms with E-state index in [0.717, 1.165) is 0 Å². The van der Waals surface area contributed by atoms with Crippen LogP contribution in [-0.4, -0.2) is 82.8 Å². The van der Waals surface area contributed by atoms with Crippen molar-refractivity contribution in [3.8, 4) is 0 Å². The lowest BCUT2D eigenvalue weighted by atomic mass is 10.1. The van der Waals surface area contributed by atoms with Crippen molar-refractivity contribution >= 4 is 35.6 Å². The van der Waals surface area contributed by atoms with Crippen molar-refractivity contribution in [2.45, 2.75) is 69.6 Å². The molecule has 33 heavy (non-hydrogen) atoms. The monoisotopic (exact) mass is 470 g/mol. The Hall–Kier alpha value is -3.42. The number of primary amides is 1. The van der Waals surface area contributed by atoms with Gasteiger partial charge in [-0.3, -0.25) is 29.0 Å². The van der Waals surface area contributed by atoms with Gasteiger partial charge in [-0.05, 0) is 39.0 Å². The molecule has 0 aromatic rings. The quantitative estimate of drug-likeness (QED) is 0.0807. The van der Waals surface area contributed by atoms with E-state index in [0.29, 0.717) is 19.3 Å². The van der Waals surface area contributed by atoms with Crippen LogP contribution in [-0.2, 0) is 24.0 Å². The van der Waals surface area contributed by atoms with E-state index >= 15 is 0 Å². The zero-order valence-corrected chi connectivity index (χ0v) is 18.7. The number of carbonyl (C=O) groups excluding carboxylic acids is 4. The number of carboxylic acid groups (broad SMARTS) is 1. The topological polar surface area (TPSA) is 249 Å². The number of carbonyl (C=O) groups is 5. The van der Waals surface area contributed by atoms with Gasteiger partial charge in [0.25, 0.3) is 0 Å². The van der Waals surface area contributed by atoms with Crippen molar-refractivity contribution in [1.29, 1.82) is 0 Å². The third-order valence-electron chi connectivity index (χ3n) is 5.17. The minimum absolute atomic E-state index is 0.0118. The highest BCUT2D eigenvalue weighted by atomic mass is 16.4. The fraction of sp³-hybridized carbons (Fsp3) is 0.684. The predicted molar refractivity (Wildman–Crippen MR) is 118 cm³/mol. The summed E-state index contributed by atoms with van der Waals surface area (Å²) in [7, 11) is 0. The number of likely N-dealkylation sites (tertiary alicyclic amines) is 1. The molecule has 0 bridgehead atoms. The van der Waals surface area contributed by atoms with Crippen LogP contribution in [0.25, 0.3) is 0 Å². The van der Waals surface area contributed by atoms with Crippen LogP contribution in [0.15, 0.2) is 4.99 Å². The Morgan fingerprint density at radius 1 is 1.12 bits per heavy atom. The molecular formula is C19H34N8O6. The fourth-order valence-corrected chi connectivity index (χ4v) is 3.34. The van der Waals surface area contributed by atoms with E-state index in [2.05, 4.69) is 15.6 Å². The van der Waals surface area contributed by atoms with Crippen LogP contribution in [0, 0.1) is 0 Å². The van der Waals surface area contributed by atoms with Gasteiger partial charge in [-0.25, -0.2) is 0 Å². The average Bonchev–Trinajstić information content (AvgIpc) is 3.23. The van der Waals surface area contributed by atoms with Gasteiger partial charge in [-0.1, -0.05) is 0 Å². The number of hydrogen-bond donors (Lipinski definition) is 7. The van der Waals surface area contributed by atoms with Crippen LogP contribution in [0.2, 0.25) is 0 Å². The lowest BCUT2D eigenvalue weighted by Gasteiger charge is -2.29. The second-order valence-electron chi connectivity index (χ2n) is 7.88. The number of nitrogens with zero attached hydrogens (tertiary/aromatic N) is 2. The van der Waals surface area contributed by atoms with Crippen molar-refractivity contribution in [2.24, 2.45) is 27.9 Å². The Balaban J connectivity index is 2.92. The van der Waals surface area contributed by atoms with E-state index in [4.69, 9.17) is 28.0 Å². The lowest BCUT2D eigenvalue weighted by molar-refractivity contribution is -0.144. The lowest BCUT2D eigenvalue weighted by Crippen LogP contribution is -2.56. The molecule has 4 amide bonds. The highest BCUT2D eigenvalue weighted by Gasteiger charge is 2.38. The summed E-state index contributed by atoms with van der Waals surface area (Å²) in [6, 6.07) is -4.05. The summed E-state index contributed by atoms with van der Waals surface area (Å²) < 4.78 is 0. The Morgan fingerprint density at radius 2 is 1.79 bits per heavy atom. The number of amides is 4. The summed E-state index contributed by atoms with van der Waals surface area (Å²) in [6.07, 6.45) is 1.34. The van der Waals surface area contributed by atoms with Gasteiger partial charge in [0.2, 0.25) is 23.6 Å². The summed E-state index contributed by atoms with van der Waals surface area (Å²) in [5.74, 6) is -3.65. The van der Waals surface area contributed by atoms with E-state index in [9.17, 15) is 24.0 Å². The minimum atomic E-state index is -1.20. The van der Waals surface area contributed by atoms with Crippen LogP contribution in [0.1, 0.15) is 45.4 Å². The van der Waals surface area contributed by atoms with Gasteiger partial charge in [-0.2, -0.15) is 0 Å². The van der Waals surface area contributed by atoms with E-state index in [1.807, 2.05) is 0 Å². The summed E-state index contributed by atoms with van der Waals surface area (Å²) in [5, 5.41) is 14.0. The van der Waals surface area contributed by atoms with Gasteiger partial charge >= 0.3 is 5.97 Å². The molecule has 14 heteroatoms. The standard InChI is InChI=1S/C19H34N8O6/c1-10(18(32)33)25-16(30)13-5-3-9-27(13)17(31)12(4-2-8-24-19(22)23)26-15(29)11(20)6-7-14(21)28/h10-13H,2-9,20H2,1H3,(H2,21,28)(H,25,30)(H,26,29)(H,32,33)(H4,22,23,24)/t10-,11-,12-,13-/m0/s1. The van der Waals surface area contributed by atoms with Gasteiger partial charge in [0.05, 0.1) is 6.04 Å². The molecule has 0 aromatic carbocycles. The maximum absolute atomic E-state index is 13.2. The largest absolute Gasteiger partial charge is 0.480 e. The average molecular weight is 471 g/mol. The third-order valence-corrected chi connectivity index (χ3v) is 5.17. The molecule has 4 atom stereocenters. The van der Waals surface area contributed by atoms with Gasteiger partial charge in [0, 0.05) is 19.5 Å². The Kier molecular flexibility index (Phi) is 11.0. The smallest absolute Gasteiger partial charge is 0.325 e. The van der Waals surface area contributed by atoms with Crippen LogP contribution >= 0.6 is 0 Å². The van der Waals surface area contributed by atoms with Crippen LogP contribution in [0.3, 0.4) is 0 Å². The molecule has 0 unspecified atom stereocenters. The second-order valence-corrected chi connectivity index (χ2v) is 7.88. The van der Waals surface area contributed by atoms with E-state index in [-0.39, 0.29) is 38.3 Å². The number of carboxylic acids is 1. The van der Waals surface area contributed by atoms with Crippen LogP contribution in [0.4, 0.5) is 0 Å². The van der Waals surface area contributed by atoms with Crippen LogP contribution in [0.5, 0.6) is 0 Å². The zero-order chi connectivity index (χ0) is 25.1. The van der Waals surface area contributed by atoms with Gasteiger partial charge in [-0.15, -0.1) is 0 Å². The first-order chi connectivity index (χ1) is 15.4. The molecule has 0 saturated carbocycles. The molecule has 1 rings (SSSR count). The summed E-state index contributed by atoms with van der Waals surface area (Å²) in [5.41, 5.74) is 21.5. The maximum atomic E-state index is 13.2. The predicted octanol–water partition coefficient (Wildman–Crippen LogP) is -3.30. The Bertz CT molecular complexity index is 769. The molecule has 1 aliphatic heterocycles. The second kappa shape index (κ2) is 13.2. The zero-order valence-electron chi connectivity index (χ0n) is 18.7. The number of aliphatic imine (C=N–C) groups is 1. The van der Waals surface area contributed by atoms with E-state index in [1.54, 1.807) is 0 Å². The number of guanidine groups is 1. The van der Waals surface area contributed by atoms with Crippen molar-refractivity contribution < 1.29 is 29.1 Å². The molecular weight excluding hydrogens is 436 g/mol. The first-order valence-corrected chi connectivity index (χ1v) is 10.7. The summed E-state index contributed by atoms with van der Waals surface area (Å²) >= 11 is 0. The fourth-order valence-electron chi connectivity index (χ4n) is 3.34. The molecule has 1 fully saturated rings. The highest BCUT2D eigenvalue weighted by molar-refractivity contribution is 5.94. The molecule has 1 saturated heterocycles. The van der Waals surface area contributed by atoms with Gasteiger partial charge in [0.15, 0.2) is 5.96 Å². The molecule has 1 aliphatic rings. The number of aliphatic carboxylic acids is 1. The number of hydrogen-bond acceptors (Lipinski definition) is 7. The first-order valence-electron chi connectivity index (χ1n) is 10.7. The summed E-state index contributed by atoms with van der Waals surface area (Å²) in [4.78, 5) is 65.4. The SMILES string of the molecule is C[C@H](NC(=O)[C@@H]1CCCN1C(=O)[C@H](CCCN=C(N)N)NC(=O)[C@@H](N)CCC(N)=O)C(=O)O. The van der Waals surface area contributed by atoms with Crippen molar-refractivity contribution in [2.75, 3.05) is 13.1 Å². The molecule has 0 radical (unpaired) electrons. The molecule has 0 spiro atoms. The molecule has 14 nitrogen and oxygen atoms in total. The van der Waals surface area contributed by atoms with Crippen molar-refractivity contribution in [3.05, 3.63) is 0 Å². The number of rotatable bonds is 13. The molecule has 0 aliphatic carbocycles. The Morgan fingerprint density at radius 3 is 2.36 bits per heavy atom. The molecule has 11 N–H and O–H groups in total. The normalized spacial score (nSPS) is 18.0. The third kappa shape index (κ3) is 9.31. The minimum Gasteiger partial charge on any atom is -0.480 e. The summed E-state index contributed by atoms with van der Waals surface area (Å²) in [6.45, 7) is 1.81. The van der Waals surface area contributed by atoms with Gasteiger partial charge < -0.3 is 43.6 Å². The molecule has 0 aromatic heterocycles. The molecule has 186 valence electrons. The number of nitrogens with two attached hydrogens (primary N) is 4. The maximum Gasteiger partial charge on any atom is 0.325 e. The van der Waals surface area contributed by atoms with Gasteiger partial charge in [0.1, 0.15) is 18.1 Å². The number of nitrogens with one attached hydrogen (secondary N) is 2. The molecule has 1 heterocycles. The highest BCUT2D eigenvalue weighted by Crippen LogP contribution is 2.20. The first kappa shape index (κ1) is 27.6. The Labute approximate surface area is 191 Å². The van der Waals surface area contributed by atoms with Crippen molar-refractivity contribution in [1.82, 2.24) is 15.5 Å². The van der Waals surface area contributed by atoms with Crippen molar-refractivity contribution in [3.63, 3.8) is 0 Å². The van der Waals surface area contributed by atoms with E-state index < -0.39 is 53.8 Å².